The molecule has 3 atom stereocenters. The van der Waals surface area contributed by atoms with Crippen LogP contribution in [0, 0.1) is 0 Å². The molecule has 3 unspecified atom stereocenters. The first kappa shape index (κ1) is 64.2. The van der Waals surface area contributed by atoms with Gasteiger partial charge in [-0.3, -0.25) is 9.36 Å². The Morgan fingerprint density at radius 1 is 0.545 bits per heavy atom. The van der Waals surface area contributed by atoms with Crippen molar-refractivity contribution < 1.29 is 32.9 Å². The molecule has 8 nitrogen and oxygen atoms in total. The Morgan fingerprint density at radius 2 is 0.924 bits per heavy atom. The predicted octanol–water partition coefficient (Wildman–Crippen LogP) is 15.9. The Labute approximate surface area is 409 Å². The number of rotatable bonds is 50. The van der Waals surface area contributed by atoms with Gasteiger partial charge in [0.25, 0.3) is 7.82 Å². The van der Waals surface area contributed by atoms with Crippen LogP contribution in [0.2, 0.25) is 0 Å². The maximum atomic E-state index is 12.9. The number of allylic oxidation sites excluding steroid dienone is 9. The van der Waals surface area contributed by atoms with Crippen molar-refractivity contribution >= 4 is 13.7 Å². The zero-order chi connectivity index (χ0) is 48.5. The number of nitrogens with one attached hydrogen (secondary N) is 1. The number of carbonyl (C=O) groups is 1. The number of quaternary nitrogens is 1. The minimum Gasteiger partial charge on any atom is -0.756 e. The summed E-state index contributed by atoms with van der Waals surface area (Å²) in [6, 6.07) is -0.903. The number of aliphatic hydroxyl groups is 1. The zero-order valence-electron chi connectivity index (χ0n) is 43.9. The van der Waals surface area contributed by atoms with Crippen LogP contribution in [0.4, 0.5) is 0 Å². The normalized spacial score (nSPS) is 14.5. The Kier molecular flexibility index (Phi) is 46.9. The summed E-state index contributed by atoms with van der Waals surface area (Å²) in [6.45, 7) is 4.53. The van der Waals surface area contributed by atoms with E-state index in [1.807, 2.05) is 27.2 Å². The molecule has 0 aliphatic carbocycles. The van der Waals surface area contributed by atoms with E-state index in [9.17, 15) is 19.4 Å². The smallest absolute Gasteiger partial charge is 0.268 e. The number of phosphoric acid groups is 1. The van der Waals surface area contributed by atoms with Crippen LogP contribution < -0.4 is 10.2 Å². The number of hydrogen-bond acceptors (Lipinski definition) is 6. The quantitative estimate of drug-likeness (QED) is 0.0272. The van der Waals surface area contributed by atoms with Gasteiger partial charge in [-0.25, -0.2) is 0 Å². The highest BCUT2D eigenvalue weighted by molar-refractivity contribution is 7.45. The third-order valence-corrected chi connectivity index (χ3v) is 13.2. The number of hydrogen-bond donors (Lipinski definition) is 2. The van der Waals surface area contributed by atoms with Crippen LogP contribution in [-0.2, 0) is 18.4 Å². The summed E-state index contributed by atoms with van der Waals surface area (Å²) >= 11 is 0. The summed E-state index contributed by atoms with van der Waals surface area (Å²) in [5, 5.41) is 13.9. The van der Waals surface area contributed by atoms with E-state index < -0.39 is 26.6 Å². The van der Waals surface area contributed by atoms with E-state index in [-0.39, 0.29) is 12.5 Å². The average molecular weight is 947 g/mol. The molecular weight excluding hydrogens is 840 g/mol. The number of likely N-dealkylation sites (N-methyl/N-ethyl adjacent to an activating group) is 1. The molecule has 0 spiro atoms. The molecule has 2 N–H and O–H groups in total. The molecule has 0 saturated carbocycles. The van der Waals surface area contributed by atoms with Gasteiger partial charge in [0.05, 0.1) is 39.9 Å². The molecule has 0 bridgehead atoms. The lowest BCUT2D eigenvalue weighted by Crippen LogP contribution is -2.45. The third kappa shape index (κ3) is 50.1. The number of phosphoric ester groups is 1. The highest BCUT2D eigenvalue weighted by atomic mass is 31.2. The molecular formula is C57H107N2O6P. The maximum absolute atomic E-state index is 12.9. The van der Waals surface area contributed by atoms with Gasteiger partial charge in [0.1, 0.15) is 13.2 Å². The first-order valence-corrected chi connectivity index (χ1v) is 29.1. The van der Waals surface area contributed by atoms with Crippen LogP contribution in [0.1, 0.15) is 245 Å². The van der Waals surface area contributed by atoms with Crippen molar-refractivity contribution in [2.24, 2.45) is 0 Å². The van der Waals surface area contributed by atoms with Crippen LogP contribution in [0.5, 0.6) is 0 Å². The van der Waals surface area contributed by atoms with Gasteiger partial charge in [-0.05, 0) is 57.8 Å². The molecule has 66 heavy (non-hydrogen) atoms. The second-order valence-electron chi connectivity index (χ2n) is 19.9. The first-order valence-electron chi connectivity index (χ1n) is 27.7. The van der Waals surface area contributed by atoms with Gasteiger partial charge in [0, 0.05) is 6.42 Å². The second kappa shape index (κ2) is 48.2. The number of amides is 1. The fraction of sp³-hybridized carbons (Fsp3) is 0.807. The van der Waals surface area contributed by atoms with Gasteiger partial charge in [0.2, 0.25) is 5.91 Å². The highest BCUT2D eigenvalue weighted by Crippen LogP contribution is 2.38. The lowest BCUT2D eigenvalue weighted by molar-refractivity contribution is -0.870. The largest absolute Gasteiger partial charge is 0.756 e. The van der Waals surface area contributed by atoms with Crippen molar-refractivity contribution in [3.63, 3.8) is 0 Å². The number of aliphatic hydroxyl groups excluding tert-OH is 1. The van der Waals surface area contributed by atoms with Crippen molar-refractivity contribution in [1.82, 2.24) is 5.32 Å². The molecule has 0 aliphatic rings. The molecule has 0 saturated heterocycles. The van der Waals surface area contributed by atoms with Crippen LogP contribution in [-0.4, -0.2) is 68.5 Å². The van der Waals surface area contributed by atoms with E-state index in [1.54, 1.807) is 6.08 Å². The molecule has 9 heteroatoms. The summed E-state index contributed by atoms with van der Waals surface area (Å²) in [7, 11) is 1.24. The molecule has 0 fully saturated rings. The Morgan fingerprint density at radius 3 is 1.35 bits per heavy atom. The Balaban J connectivity index is 4.23. The molecule has 0 aromatic heterocycles. The summed E-state index contributed by atoms with van der Waals surface area (Å²) in [6.07, 6.45) is 64.4. The second-order valence-corrected chi connectivity index (χ2v) is 21.3. The predicted molar refractivity (Wildman–Crippen MR) is 284 cm³/mol. The van der Waals surface area contributed by atoms with Gasteiger partial charge >= 0.3 is 0 Å². The number of unbranched alkanes of at least 4 members (excludes halogenated alkanes) is 29. The minimum atomic E-state index is -4.60. The fourth-order valence-electron chi connectivity index (χ4n) is 7.91. The summed E-state index contributed by atoms with van der Waals surface area (Å²) in [5.41, 5.74) is 0. The van der Waals surface area contributed by atoms with E-state index in [4.69, 9.17) is 9.05 Å². The Hall–Kier alpha value is -1.80. The first-order chi connectivity index (χ1) is 32.0. The van der Waals surface area contributed by atoms with Crippen molar-refractivity contribution in [2.75, 3.05) is 40.9 Å². The standard InChI is InChI=1S/C57H107N2O6P/c1-6-8-10-12-14-16-18-20-22-24-25-26-27-28-29-30-31-32-33-35-36-38-40-42-44-46-48-50-56(60)55(54-65-66(62,63)64-53-52-59(3,4)5)58-57(61)51-49-47-45-43-41-39-37-34-23-21-19-17-15-13-11-9-7-2/h9,11,15,17,21,23,37,39,48,50,55-56,60H,6-8,10,12-14,16,18-20,22,24-36,38,40-47,49,51-54H2,1-5H3,(H-,58,61,62,63)/b11-9-,17-15-,23-21-,39-37-,50-48+. The Bertz CT molecular complexity index is 1260. The lowest BCUT2D eigenvalue weighted by atomic mass is 10.0. The highest BCUT2D eigenvalue weighted by Gasteiger charge is 2.23. The summed E-state index contributed by atoms with van der Waals surface area (Å²) < 4.78 is 23.3. The van der Waals surface area contributed by atoms with E-state index >= 15 is 0 Å². The van der Waals surface area contributed by atoms with E-state index in [2.05, 4.69) is 67.8 Å². The maximum Gasteiger partial charge on any atom is 0.268 e. The van der Waals surface area contributed by atoms with Crippen LogP contribution in [0.15, 0.2) is 60.8 Å². The molecule has 0 aliphatic heterocycles. The lowest BCUT2D eigenvalue weighted by Gasteiger charge is -2.29. The van der Waals surface area contributed by atoms with Gasteiger partial charge in [-0.2, -0.15) is 0 Å². The molecule has 0 heterocycles. The van der Waals surface area contributed by atoms with Gasteiger partial charge in [0.15, 0.2) is 0 Å². The molecule has 0 aromatic carbocycles. The van der Waals surface area contributed by atoms with Crippen LogP contribution in [0.25, 0.3) is 0 Å². The SMILES string of the molecule is CC/C=C\C/C=C\C/C=C\C/C=C\CCCCCCC(=O)NC(COP(=O)([O-])OCC[N+](C)(C)C)C(O)/C=C/CCCCCCCCCCCCCCCCCCCCCCCCCCC. The average Bonchev–Trinajstić information content (AvgIpc) is 3.28. The van der Waals surface area contributed by atoms with Gasteiger partial charge in [-0.1, -0.05) is 242 Å². The van der Waals surface area contributed by atoms with Crippen molar-refractivity contribution in [2.45, 2.75) is 257 Å². The van der Waals surface area contributed by atoms with Crippen molar-refractivity contribution in [3.05, 3.63) is 60.8 Å². The topological polar surface area (TPSA) is 108 Å². The molecule has 386 valence electrons. The molecule has 0 aromatic rings. The van der Waals surface area contributed by atoms with Crippen LogP contribution in [0.3, 0.4) is 0 Å². The van der Waals surface area contributed by atoms with Crippen molar-refractivity contribution in [3.8, 4) is 0 Å². The molecule has 0 rings (SSSR count). The monoisotopic (exact) mass is 947 g/mol. The molecule has 1 amide bonds. The zero-order valence-corrected chi connectivity index (χ0v) is 44.8. The van der Waals surface area contributed by atoms with E-state index in [0.717, 1.165) is 77.0 Å². The molecule has 0 radical (unpaired) electrons. The fourth-order valence-corrected chi connectivity index (χ4v) is 8.63. The third-order valence-electron chi connectivity index (χ3n) is 12.2. The summed E-state index contributed by atoms with van der Waals surface area (Å²) in [4.78, 5) is 25.4. The van der Waals surface area contributed by atoms with E-state index in [1.165, 1.54) is 148 Å². The van der Waals surface area contributed by atoms with E-state index in [0.29, 0.717) is 17.4 Å². The van der Waals surface area contributed by atoms with Crippen molar-refractivity contribution in [1.29, 1.82) is 0 Å². The summed E-state index contributed by atoms with van der Waals surface area (Å²) in [5.74, 6) is -0.220. The van der Waals surface area contributed by atoms with Gasteiger partial charge in [-0.15, -0.1) is 0 Å². The minimum absolute atomic E-state index is 0.00828. The van der Waals surface area contributed by atoms with Crippen LogP contribution >= 0.6 is 7.82 Å². The number of carbonyl (C=O) groups excluding carboxylic acids is 1. The van der Waals surface area contributed by atoms with Gasteiger partial charge < -0.3 is 28.8 Å². The number of nitrogens with zero attached hydrogens (tertiary/aromatic N) is 1.